The Labute approximate surface area is 143 Å². The largest absolute Gasteiger partial charge is 0.378 e. The molecule has 0 atom stereocenters. The highest BCUT2D eigenvalue weighted by Crippen LogP contribution is 2.25. The third-order valence-electron chi connectivity index (χ3n) is 3.83. The smallest absolute Gasteiger partial charge is 0.270 e. The van der Waals surface area contributed by atoms with E-state index in [2.05, 4.69) is 15.9 Å². The van der Waals surface area contributed by atoms with Crippen LogP contribution in [0.4, 0.5) is 5.69 Å². The van der Waals surface area contributed by atoms with Crippen LogP contribution in [0.15, 0.2) is 22.7 Å². The second kappa shape index (κ2) is 8.37. The fraction of sp³-hybridized carbons (Fsp3) is 0.533. The number of non-ortho nitro benzene ring substituents is 1. The molecule has 8 heteroatoms. The Bertz CT molecular complexity index is 574. The molecule has 2 rings (SSSR count). The first-order valence-electron chi connectivity index (χ1n) is 7.58. The maximum Gasteiger partial charge on any atom is 0.270 e. The normalized spacial score (nSPS) is 15.7. The highest BCUT2D eigenvalue weighted by Gasteiger charge is 2.25. The highest BCUT2D eigenvalue weighted by molar-refractivity contribution is 9.10. The molecular weight excluding hydrogens is 366 g/mol. The number of nitro benzene ring substituents is 1. The van der Waals surface area contributed by atoms with Crippen LogP contribution in [-0.2, 0) is 4.74 Å². The first kappa shape index (κ1) is 17.8. The first-order chi connectivity index (χ1) is 11.0. The van der Waals surface area contributed by atoms with Crippen LogP contribution in [0, 0.1) is 10.1 Å². The van der Waals surface area contributed by atoms with E-state index in [0.29, 0.717) is 36.3 Å². The molecule has 0 bridgehead atoms. The van der Waals surface area contributed by atoms with Crippen molar-refractivity contribution in [1.29, 1.82) is 0 Å². The molecule has 126 valence electrons. The topological polar surface area (TPSA) is 98.7 Å². The third-order valence-corrected chi connectivity index (χ3v) is 4.48. The maximum absolute atomic E-state index is 12.5. The summed E-state index contributed by atoms with van der Waals surface area (Å²) in [4.78, 5) is 24.6. The average molecular weight is 386 g/mol. The van der Waals surface area contributed by atoms with Crippen molar-refractivity contribution in [3.05, 3.63) is 38.3 Å². The minimum Gasteiger partial charge on any atom is -0.378 e. The Morgan fingerprint density at radius 3 is 2.70 bits per heavy atom. The van der Waals surface area contributed by atoms with Gasteiger partial charge in [0.2, 0.25) is 0 Å². The molecule has 23 heavy (non-hydrogen) atoms. The SMILES string of the molecule is NCCCOC1CCN(C(=O)c2ccc([N+](=O)[O-])cc2Br)CC1. The van der Waals surface area contributed by atoms with Crippen LogP contribution in [0.2, 0.25) is 0 Å². The second-order valence-corrected chi connectivity index (χ2v) is 6.28. The van der Waals surface area contributed by atoms with Crippen molar-refractivity contribution in [3.63, 3.8) is 0 Å². The molecule has 0 aromatic heterocycles. The Balaban J connectivity index is 1.93. The molecule has 1 aliphatic heterocycles. The van der Waals surface area contributed by atoms with E-state index in [1.54, 1.807) is 4.90 Å². The molecule has 1 fully saturated rings. The summed E-state index contributed by atoms with van der Waals surface area (Å²) in [6, 6.07) is 4.20. The van der Waals surface area contributed by atoms with E-state index < -0.39 is 4.92 Å². The number of amides is 1. The van der Waals surface area contributed by atoms with Gasteiger partial charge in [-0.3, -0.25) is 14.9 Å². The summed E-state index contributed by atoms with van der Waals surface area (Å²) in [5.41, 5.74) is 5.84. The molecule has 1 amide bonds. The summed E-state index contributed by atoms with van der Waals surface area (Å²) in [5.74, 6) is -0.118. The molecule has 1 aromatic carbocycles. The summed E-state index contributed by atoms with van der Waals surface area (Å²) in [6.07, 6.45) is 2.60. The molecule has 0 saturated carbocycles. The van der Waals surface area contributed by atoms with Crippen molar-refractivity contribution in [2.75, 3.05) is 26.2 Å². The van der Waals surface area contributed by atoms with E-state index in [9.17, 15) is 14.9 Å². The fourth-order valence-electron chi connectivity index (χ4n) is 2.52. The molecule has 7 nitrogen and oxygen atoms in total. The number of likely N-dealkylation sites (tertiary alicyclic amines) is 1. The van der Waals surface area contributed by atoms with Crippen molar-refractivity contribution in [2.45, 2.75) is 25.4 Å². The van der Waals surface area contributed by atoms with Crippen molar-refractivity contribution >= 4 is 27.5 Å². The number of carbonyl (C=O) groups excluding carboxylic acids is 1. The first-order valence-corrected chi connectivity index (χ1v) is 8.37. The van der Waals surface area contributed by atoms with E-state index >= 15 is 0 Å². The quantitative estimate of drug-likeness (QED) is 0.460. The fourth-order valence-corrected chi connectivity index (χ4v) is 3.06. The summed E-state index contributed by atoms with van der Waals surface area (Å²) < 4.78 is 6.16. The van der Waals surface area contributed by atoms with Gasteiger partial charge in [-0.25, -0.2) is 0 Å². The predicted octanol–water partition coefficient (Wildman–Crippen LogP) is 2.33. The van der Waals surface area contributed by atoms with E-state index in [-0.39, 0.29) is 17.7 Å². The van der Waals surface area contributed by atoms with E-state index in [0.717, 1.165) is 19.3 Å². The number of hydrogen-bond acceptors (Lipinski definition) is 5. The van der Waals surface area contributed by atoms with Gasteiger partial charge < -0.3 is 15.4 Å². The summed E-state index contributed by atoms with van der Waals surface area (Å²) >= 11 is 3.25. The number of nitrogens with two attached hydrogens (primary N) is 1. The number of ether oxygens (including phenoxy) is 1. The monoisotopic (exact) mass is 385 g/mol. The Hall–Kier alpha value is -1.51. The van der Waals surface area contributed by atoms with Gasteiger partial charge in [0.1, 0.15) is 0 Å². The van der Waals surface area contributed by atoms with Gasteiger partial charge in [-0.2, -0.15) is 0 Å². The van der Waals surface area contributed by atoms with Gasteiger partial charge in [-0.05, 0) is 47.8 Å². The lowest BCUT2D eigenvalue weighted by Gasteiger charge is -2.32. The van der Waals surface area contributed by atoms with Gasteiger partial charge in [-0.15, -0.1) is 0 Å². The van der Waals surface area contributed by atoms with Crippen molar-refractivity contribution in [1.82, 2.24) is 4.90 Å². The molecule has 1 heterocycles. The Morgan fingerprint density at radius 1 is 1.43 bits per heavy atom. The third kappa shape index (κ3) is 4.73. The van der Waals surface area contributed by atoms with Crippen molar-refractivity contribution in [3.8, 4) is 0 Å². The molecule has 0 spiro atoms. The highest BCUT2D eigenvalue weighted by atomic mass is 79.9. The van der Waals surface area contributed by atoms with Crippen LogP contribution in [0.5, 0.6) is 0 Å². The van der Waals surface area contributed by atoms with Gasteiger partial charge in [0.05, 0.1) is 16.6 Å². The van der Waals surface area contributed by atoms with Gasteiger partial charge in [0.15, 0.2) is 0 Å². The number of nitro groups is 1. The molecule has 0 aliphatic carbocycles. The van der Waals surface area contributed by atoms with Crippen LogP contribution in [0.1, 0.15) is 29.6 Å². The van der Waals surface area contributed by atoms with Gasteiger partial charge in [0.25, 0.3) is 11.6 Å². The van der Waals surface area contributed by atoms with E-state index in [4.69, 9.17) is 10.5 Å². The van der Waals surface area contributed by atoms with Crippen LogP contribution in [-0.4, -0.2) is 48.1 Å². The molecule has 1 aromatic rings. The number of carbonyl (C=O) groups is 1. The number of piperidine rings is 1. The van der Waals surface area contributed by atoms with Crippen molar-refractivity contribution in [2.24, 2.45) is 5.73 Å². The summed E-state index contributed by atoms with van der Waals surface area (Å²) in [6.45, 7) is 2.51. The lowest BCUT2D eigenvalue weighted by atomic mass is 10.1. The number of benzene rings is 1. The van der Waals surface area contributed by atoms with Gasteiger partial charge in [-0.1, -0.05) is 0 Å². The zero-order valence-electron chi connectivity index (χ0n) is 12.7. The number of rotatable bonds is 6. The van der Waals surface area contributed by atoms with Crippen LogP contribution >= 0.6 is 15.9 Å². The lowest BCUT2D eigenvalue weighted by Crippen LogP contribution is -2.41. The number of nitrogens with zero attached hydrogens (tertiary/aromatic N) is 2. The van der Waals surface area contributed by atoms with Gasteiger partial charge >= 0.3 is 0 Å². The molecule has 1 saturated heterocycles. The average Bonchev–Trinajstić information content (AvgIpc) is 2.55. The molecule has 1 aliphatic rings. The minimum atomic E-state index is -0.483. The minimum absolute atomic E-state index is 0.0413. The predicted molar refractivity (Wildman–Crippen MR) is 89.3 cm³/mol. The standard InChI is InChI=1S/C15H20BrN3O4/c16-14-10-11(19(21)22)2-3-13(14)15(20)18-7-4-12(5-8-18)23-9-1-6-17/h2-3,10,12H,1,4-9,17H2. The second-order valence-electron chi connectivity index (χ2n) is 5.43. The molecule has 2 N–H and O–H groups in total. The maximum atomic E-state index is 12.5. The number of halogens is 1. The van der Waals surface area contributed by atoms with Crippen LogP contribution < -0.4 is 5.73 Å². The van der Waals surface area contributed by atoms with E-state index in [1.807, 2.05) is 0 Å². The molecular formula is C15H20BrN3O4. The Morgan fingerprint density at radius 2 is 2.13 bits per heavy atom. The zero-order chi connectivity index (χ0) is 16.8. The van der Waals surface area contributed by atoms with Crippen LogP contribution in [0.3, 0.4) is 0 Å². The Kier molecular flexibility index (Phi) is 6.49. The van der Waals surface area contributed by atoms with Crippen LogP contribution in [0.25, 0.3) is 0 Å². The van der Waals surface area contributed by atoms with Gasteiger partial charge in [0, 0.05) is 36.3 Å². The summed E-state index contributed by atoms with van der Waals surface area (Å²) in [5, 5.41) is 10.7. The zero-order valence-corrected chi connectivity index (χ0v) is 14.3. The number of hydrogen-bond donors (Lipinski definition) is 1. The summed E-state index contributed by atoms with van der Waals surface area (Å²) in [7, 11) is 0. The lowest BCUT2D eigenvalue weighted by molar-refractivity contribution is -0.384. The van der Waals surface area contributed by atoms with Crippen molar-refractivity contribution < 1.29 is 14.5 Å². The van der Waals surface area contributed by atoms with E-state index in [1.165, 1.54) is 18.2 Å². The molecule has 0 unspecified atom stereocenters. The molecule has 0 radical (unpaired) electrons.